The number of halogens is 1. The minimum atomic E-state index is -1.28. The van der Waals surface area contributed by atoms with Crippen LogP contribution in [0.25, 0.3) is 0 Å². The first-order valence-corrected chi connectivity index (χ1v) is 15.0. The van der Waals surface area contributed by atoms with Crippen molar-refractivity contribution in [1.82, 2.24) is 14.5 Å². The third-order valence-corrected chi connectivity index (χ3v) is 9.09. The molecule has 12 nitrogen and oxygen atoms in total. The van der Waals surface area contributed by atoms with E-state index >= 15 is 0 Å². The lowest BCUT2D eigenvalue weighted by Gasteiger charge is -2.50. The smallest absolute Gasteiger partial charge is 0.336 e. The first kappa shape index (κ1) is 29.0. The molecule has 0 radical (unpaired) electrons. The van der Waals surface area contributed by atoms with Gasteiger partial charge >= 0.3 is 11.9 Å². The lowest BCUT2D eigenvalue weighted by Crippen LogP contribution is -2.59. The zero-order valence-electron chi connectivity index (χ0n) is 23.9. The van der Waals surface area contributed by atoms with Crippen LogP contribution in [0.4, 0.5) is 22.9 Å². The summed E-state index contributed by atoms with van der Waals surface area (Å²) in [6.45, 7) is 6.04. The molecular weight excluding hydrogens is 620 g/mol. The molecule has 3 aliphatic heterocycles. The number of rotatable bonds is 6. The van der Waals surface area contributed by atoms with Crippen LogP contribution in [0.3, 0.4) is 0 Å². The van der Waals surface area contributed by atoms with Crippen LogP contribution in [0.5, 0.6) is 5.75 Å². The summed E-state index contributed by atoms with van der Waals surface area (Å²) < 4.78 is 8.27. The maximum absolute atomic E-state index is 12.4. The highest BCUT2D eigenvalue weighted by molar-refractivity contribution is 9.10. The van der Waals surface area contributed by atoms with Crippen molar-refractivity contribution in [2.75, 3.05) is 47.9 Å². The SMILES string of the molecule is C[C@H]1CN([C@H]2CCN3c4cc(C(=O)O)c(C(=O)O)cc4OC[C@@H]3C2)CCN1c1ccc(Nc2cc(Br)cn(C)c2=O)nc1. The van der Waals surface area contributed by atoms with Crippen LogP contribution in [-0.4, -0.2) is 87.5 Å². The molecule has 2 aromatic heterocycles. The average Bonchev–Trinajstić information content (AvgIpc) is 2.99. The van der Waals surface area contributed by atoms with E-state index in [2.05, 4.69) is 47.9 Å². The maximum Gasteiger partial charge on any atom is 0.336 e. The van der Waals surface area contributed by atoms with Gasteiger partial charge < -0.3 is 34.6 Å². The van der Waals surface area contributed by atoms with Crippen LogP contribution in [0, 0.1) is 0 Å². The third-order valence-electron chi connectivity index (χ3n) is 8.66. The average molecular weight is 654 g/mol. The number of nitrogens with one attached hydrogen (secondary N) is 1. The normalized spacial score (nSPS) is 21.9. The van der Waals surface area contributed by atoms with Crippen molar-refractivity contribution in [2.45, 2.75) is 37.9 Å². The van der Waals surface area contributed by atoms with Gasteiger partial charge in [-0.25, -0.2) is 14.6 Å². The molecule has 1 aromatic carbocycles. The van der Waals surface area contributed by atoms with E-state index in [1.165, 1.54) is 16.7 Å². The second-order valence-electron chi connectivity index (χ2n) is 11.4. The van der Waals surface area contributed by atoms with Crippen molar-refractivity contribution in [2.24, 2.45) is 7.05 Å². The molecule has 0 amide bonds. The van der Waals surface area contributed by atoms with Crippen LogP contribution in [0.1, 0.15) is 40.5 Å². The molecule has 3 aromatic rings. The predicted molar refractivity (Wildman–Crippen MR) is 165 cm³/mol. The first-order valence-electron chi connectivity index (χ1n) is 14.2. The Bertz CT molecular complexity index is 1630. The van der Waals surface area contributed by atoms with Crippen LogP contribution in [0.2, 0.25) is 0 Å². The van der Waals surface area contributed by atoms with E-state index in [0.29, 0.717) is 35.6 Å². The van der Waals surface area contributed by atoms with E-state index in [4.69, 9.17) is 4.74 Å². The molecule has 43 heavy (non-hydrogen) atoms. The zero-order valence-corrected chi connectivity index (χ0v) is 25.5. The van der Waals surface area contributed by atoms with Gasteiger partial charge in [0.2, 0.25) is 0 Å². The van der Waals surface area contributed by atoms with Crippen molar-refractivity contribution in [3.05, 3.63) is 68.7 Å². The number of piperidine rings is 1. The van der Waals surface area contributed by atoms with Gasteiger partial charge in [-0.2, -0.15) is 0 Å². The minimum absolute atomic E-state index is 0.0863. The van der Waals surface area contributed by atoms with E-state index in [0.717, 1.165) is 49.2 Å². The van der Waals surface area contributed by atoms with Gasteiger partial charge in [0.05, 0.1) is 34.7 Å². The van der Waals surface area contributed by atoms with E-state index < -0.39 is 11.9 Å². The molecule has 13 heteroatoms. The lowest BCUT2D eigenvalue weighted by atomic mass is 9.92. The fraction of sp³-hybridized carbons (Fsp3) is 0.400. The Morgan fingerprint density at radius 2 is 1.81 bits per heavy atom. The fourth-order valence-corrected chi connectivity index (χ4v) is 7.05. The van der Waals surface area contributed by atoms with E-state index in [-0.39, 0.29) is 28.8 Å². The Morgan fingerprint density at radius 1 is 1.05 bits per heavy atom. The summed E-state index contributed by atoms with van der Waals surface area (Å²) in [5.74, 6) is -1.52. The standard InChI is InChI=1S/C30H33BrN6O6/c1-17-14-35(7-8-36(17)20-3-4-27(32-13-20)33-24-9-18(31)15-34(2)28(24)38)19-5-6-37-21(10-19)16-43-26-12-23(30(41)42)22(29(39)40)11-25(26)37/h3-4,9,11-13,15,17,19,21H,5-8,10,14,16H2,1-2H3,(H,32,33)(H,39,40)(H,41,42)/t17-,19-,21-/m0/s1. The summed E-state index contributed by atoms with van der Waals surface area (Å²) in [6.07, 6.45) is 5.36. The number of carbonyl (C=O) groups is 2. The highest BCUT2D eigenvalue weighted by atomic mass is 79.9. The van der Waals surface area contributed by atoms with Crippen molar-refractivity contribution >= 4 is 50.7 Å². The molecule has 0 spiro atoms. The number of benzene rings is 1. The Labute approximate surface area is 256 Å². The number of anilines is 4. The molecule has 3 N–H and O–H groups in total. The van der Waals surface area contributed by atoms with E-state index in [1.54, 1.807) is 19.3 Å². The number of carboxylic acid groups (broad SMARTS) is 2. The number of carboxylic acids is 2. The summed E-state index contributed by atoms with van der Waals surface area (Å²) >= 11 is 3.42. The number of pyridine rings is 2. The predicted octanol–water partition coefficient (Wildman–Crippen LogP) is 3.62. The number of fused-ring (bicyclic) bond motifs is 3. The highest BCUT2D eigenvalue weighted by Crippen LogP contribution is 2.40. The molecule has 3 aliphatic rings. The second-order valence-corrected chi connectivity index (χ2v) is 12.3. The van der Waals surface area contributed by atoms with Crippen LogP contribution < -0.4 is 25.4 Å². The molecule has 0 bridgehead atoms. The molecule has 3 atom stereocenters. The van der Waals surface area contributed by atoms with E-state index in [1.807, 2.05) is 18.3 Å². The lowest BCUT2D eigenvalue weighted by molar-refractivity contribution is 0.0650. The number of hydrogen-bond acceptors (Lipinski definition) is 9. The first-order chi connectivity index (χ1) is 20.6. The van der Waals surface area contributed by atoms with Crippen molar-refractivity contribution in [3.8, 4) is 5.75 Å². The van der Waals surface area contributed by atoms with Gasteiger partial charge in [-0.3, -0.25) is 9.69 Å². The second kappa shape index (κ2) is 11.5. The Morgan fingerprint density at radius 3 is 2.51 bits per heavy atom. The summed E-state index contributed by atoms with van der Waals surface area (Å²) in [7, 11) is 1.70. The fourth-order valence-electron chi connectivity index (χ4n) is 6.51. The molecule has 6 rings (SSSR count). The Kier molecular flexibility index (Phi) is 7.77. The maximum atomic E-state index is 12.4. The van der Waals surface area contributed by atoms with Crippen LogP contribution in [-0.2, 0) is 7.05 Å². The number of nitrogens with zero attached hydrogens (tertiary/aromatic N) is 5. The van der Waals surface area contributed by atoms with Gasteiger partial charge in [0.1, 0.15) is 23.9 Å². The number of aryl methyl sites for hydroxylation is 1. The van der Waals surface area contributed by atoms with Crippen molar-refractivity contribution in [3.63, 3.8) is 0 Å². The Balaban J connectivity index is 1.09. The van der Waals surface area contributed by atoms with Crippen molar-refractivity contribution in [1.29, 1.82) is 0 Å². The van der Waals surface area contributed by atoms with Gasteiger partial charge in [0, 0.05) is 56.0 Å². The number of piperazine rings is 1. The molecule has 0 unspecified atom stereocenters. The van der Waals surface area contributed by atoms with Gasteiger partial charge in [-0.1, -0.05) is 0 Å². The molecule has 0 aliphatic carbocycles. The third kappa shape index (κ3) is 5.66. The van der Waals surface area contributed by atoms with Crippen LogP contribution in [0.15, 0.2) is 52.0 Å². The Hall–Kier alpha value is -4.10. The van der Waals surface area contributed by atoms with Gasteiger partial charge in [0.25, 0.3) is 5.56 Å². The van der Waals surface area contributed by atoms with Crippen LogP contribution >= 0.6 is 15.9 Å². The summed E-state index contributed by atoms with van der Waals surface area (Å²) in [5, 5.41) is 22.2. The summed E-state index contributed by atoms with van der Waals surface area (Å²) in [5.41, 5.74) is 1.51. The molecule has 226 valence electrons. The molecule has 2 saturated heterocycles. The highest BCUT2D eigenvalue weighted by Gasteiger charge is 2.39. The van der Waals surface area contributed by atoms with Crippen molar-refractivity contribution < 1.29 is 24.5 Å². The largest absolute Gasteiger partial charge is 0.489 e. The van der Waals surface area contributed by atoms with E-state index in [9.17, 15) is 24.6 Å². The van der Waals surface area contributed by atoms with Gasteiger partial charge in [-0.05, 0) is 66.0 Å². The summed E-state index contributed by atoms with van der Waals surface area (Å²) in [6, 6.07) is 9.16. The molecule has 2 fully saturated rings. The number of aromatic carboxylic acids is 2. The molecule has 5 heterocycles. The van der Waals surface area contributed by atoms with Gasteiger partial charge in [-0.15, -0.1) is 0 Å². The number of aromatic nitrogens is 2. The molecule has 0 saturated carbocycles. The summed E-state index contributed by atoms with van der Waals surface area (Å²) in [4.78, 5) is 47.4. The quantitative estimate of drug-likeness (QED) is 0.360. The van der Waals surface area contributed by atoms with Gasteiger partial charge in [0.15, 0.2) is 0 Å². The zero-order chi connectivity index (χ0) is 30.4. The topological polar surface area (TPSA) is 140 Å². The number of ether oxygens (including phenoxy) is 1. The monoisotopic (exact) mass is 652 g/mol. The molecular formula is C30H33BrN6O6. The minimum Gasteiger partial charge on any atom is -0.489 e. The number of hydrogen-bond donors (Lipinski definition) is 3.